The van der Waals surface area contributed by atoms with Crippen LogP contribution < -0.4 is 11.1 Å². The van der Waals surface area contributed by atoms with Crippen molar-refractivity contribution in [3.05, 3.63) is 35.7 Å². The Morgan fingerprint density at radius 2 is 1.92 bits per heavy atom. The van der Waals surface area contributed by atoms with E-state index in [2.05, 4.69) is 20.0 Å². The molecule has 0 saturated heterocycles. The standard InChI is InChI=1S/C16H19F3N4O2/c1-9(2)7-12(8-20)21-14(24)11-5-3-10(4-6-11)13-22-15(25-23-13)16(17,18)19/h3-6,9,12H,7-8,20H2,1-2H3,(H,21,24)/t12-/m0/s1. The van der Waals surface area contributed by atoms with Gasteiger partial charge in [0.25, 0.3) is 5.91 Å². The first-order valence-corrected chi connectivity index (χ1v) is 7.73. The molecule has 1 aromatic heterocycles. The summed E-state index contributed by atoms with van der Waals surface area (Å²) >= 11 is 0. The molecule has 0 saturated carbocycles. The molecule has 1 atom stereocenters. The van der Waals surface area contributed by atoms with Crippen LogP contribution in [-0.4, -0.2) is 28.6 Å². The molecular weight excluding hydrogens is 337 g/mol. The average molecular weight is 356 g/mol. The maximum absolute atomic E-state index is 12.5. The van der Waals surface area contributed by atoms with E-state index in [9.17, 15) is 18.0 Å². The molecule has 9 heteroatoms. The Bertz CT molecular complexity index is 711. The molecule has 136 valence electrons. The molecule has 0 spiro atoms. The first kappa shape index (κ1) is 18.9. The fraction of sp³-hybridized carbons (Fsp3) is 0.438. The number of aromatic nitrogens is 2. The summed E-state index contributed by atoms with van der Waals surface area (Å²) in [6.07, 6.45) is -3.94. The van der Waals surface area contributed by atoms with Gasteiger partial charge in [-0.3, -0.25) is 4.79 Å². The normalized spacial score (nSPS) is 13.1. The van der Waals surface area contributed by atoms with E-state index in [1.807, 2.05) is 13.8 Å². The van der Waals surface area contributed by atoms with Crippen molar-refractivity contribution in [2.24, 2.45) is 11.7 Å². The number of hydrogen-bond donors (Lipinski definition) is 2. The zero-order valence-corrected chi connectivity index (χ0v) is 13.8. The molecular formula is C16H19F3N4O2. The maximum Gasteiger partial charge on any atom is 0.471 e. The number of alkyl halides is 3. The molecule has 25 heavy (non-hydrogen) atoms. The molecule has 0 unspecified atom stereocenters. The summed E-state index contributed by atoms with van der Waals surface area (Å²) < 4.78 is 41.6. The lowest BCUT2D eigenvalue weighted by molar-refractivity contribution is -0.159. The molecule has 1 aromatic carbocycles. The van der Waals surface area contributed by atoms with E-state index in [0.717, 1.165) is 6.42 Å². The molecule has 6 nitrogen and oxygen atoms in total. The molecule has 3 N–H and O–H groups in total. The zero-order valence-electron chi connectivity index (χ0n) is 13.8. The zero-order chi connectivity index (χ0) is 18.6. The minimum Gasteiger partial charge on any atom is -0.348 e. The minimum atomic E-state index is -4.70. The van der Waals surface area contributed by atoms with Crippen LogP contribution in [0.5, 0.6) is 0 Å². The average Bonchev–Trinajstić information content (AvgIpc) is 3.04. The quantitative estimate of drug-likeness (QED) is 0.830. The van der Waals surface area contributed by atoms with Gasteiger partial charge in [-0.25, -0.2) is 0 Å². The number of nitrogens with zero attached hydrogens (tertiary/aromatic N) is 2. The van der Waals surface area contributed by atoms with Gasteiger partial charge in [0.1, 0.15) is 0 Å². The number of nitrogens with two attached hydrogens (primary N) is 1. The summed E-state index contributed by atoms with van der Waals surface area (Å²) in [4.78, 5) is 15.5. The summed E-state index contributed by atoms with van der Waals surface area (Å²) in [5, 5.41) is 6.13. The Labute approximate surface area is 142 Å². The number of benzene rings is 1. The SMILES string of the molecule is CC(C)C[C@@H](CN)NC(=O)c1ccc(-c2noc(C(F)(F)F)n2)cc1. The predicted octanol–water partition coefficient (Wildman–Crippen LogP) is 2.86. The third-order valence-electron chi connectivity index (χ3n) is 3.45. The summed E-state index contributed by atoms with van der Waals surface area (Å²) in [5.74, 6) is -1.52. The van der Waals surface area contributed by atoms with E-state index in [4.69, 9.17) is 5.73 Å². The first-order chi connectivity index (χ1) is 11.7. The van der Waals surface area contributed by atoms with E-state index in [0.29, 0.717) is 23.6 Å². The minimum absolute atomic E-state index is 0.140. The van der Waals surface area contributed by atoms with E-state index in [-0.39, 0.29) is 17.8 Å². The molecule has 2 aromatic rings. The Kier molecular flexibility index (Phi) is 5.78. The summed E-state index contributed by atoms with van der Waals surface area (Å²) in [7, 11) is 0. The topological polar surface area (TPSA) is 94.0 Å². The Morgan fingerprint density at radius 1 is 1.28 bits per heavy atom. The Morgan fingerprint density at radius 3 is 2.40 bits per heavy atom. The number of nitrogens with one attached hydrogen (secondary N) is 1. The monoisotopic (exact) mass is 356 g/mol. The Hall–Kier alpha value is -2.42. The van der Waals surface area contributed by atoms with Crippen LogP contribution in [0.2, 0.25) is 0 Å². The van der Waals surface area contributed by atoms with Crippen LogP contribution in [-0.2, 0) is 6.18 Å². The van der Waals surface area contributed by atoms with Crippen molar-refractivity contribution in [3.8, 4) is 11.4 Å². The number of halogens is 3. The van der Waals surface area contributed by atoms with Crippen LogP contribution in [0.1, 0.15) is 36.5 Å². The van der Waals surface area contributed by atoms with Crippen molar-refractivity contribution >= 4 is 5.91 Å². The predicted molar refractivity (Wildman–Crippen MR) is 84.5 cm³/mol. The fourth-order valence-electron chi connectivity index (χ4n) is 2.28. The van der Waals surface area contributed by atoms with Crippen molar-refractivity contribution in [3.63, 3.8) is 0 Å². The van der Waals surface area contributed by atoms with Crippen LogP contribution in [0.3, 0.4) is 0 Å². The highest BCUT2D eigenvalue weighted by Crippen LogP contribution is 2.29. The highest BCUT2D eigenvalue weighted by atomic mass is 19.4. The van der Waals surface area contributed by atoms with Crippen molar-refractivity contribution in [2.75, 3.05) is 6.54 Å². The van der Waals surface area contributed by atoms with Gasteiger partial charge in [-0.2, -0.15) is 18.2 Å². The van der Waals surface area contributed by atoms with Gasteiger partial charge < -0.3 is 15.6 Å². The van der Waals surface area contributed by atoms with E-state index in [1.54, 1.807) is 0 Å². The molecule has 0 fully saturated rings. The smallest absolute Gasteiger partial charge is 0.348 e. The summed E-state index contributed by atoms with van der Waals surface area (Å²) in [6.45, 7) is 4.39. The van der Waals surface area contributed by atoms with E-state index < -0.39 is 12.1 Å². The first-order valence-electron chi connectivity index (χ1n) is 7.73. The number of rotatable bonds is 6. The van der Waals surface area contributed by atoms with Crippen LogP contribution >= 0.6 is 0 Å². The molecule has 0 aliphatic carbocycles. The highest BCUT2D eigenvalue weighted by molar-refractivity contribution is 5.94. The van der Waals surface area contributed by atoms with E-state index in [1.165, 1.54) is 24.3 Å². The van der Waals surface area contributed by atoms with Crippen molar-refractivity contribution in [1.82, 2.24) is 15.5 Å². The van der Waals surface area contributed by atoms with Gasteiger partial charge in [-0.1, -0.05) is 31.1 Å². The van der Waals surface area contributed by atoms with Gasteiger partial charge in [-0.05, 0) is 24.5 Å². The lowest BCUT2D eigenvalue weighted by Crippen LogP contribution is -2.41. The molecule has 0 aliphatic heterocycles. The van der Waals surface area contributed by atoms with Gasteiger partial charge in [0.2, 0.25) is 5.82 Å². The van der Waals surface area contributed by atoms with Gasteiger partial charge >= 0.3 is 12.1 Å². The van der Waals surface area contributed by atoms with Crippen LogP contribution in [0.25, 0.3) is 11.4 Å². The van der Waals surface area contributed by atoms with E-state index >= 15 is 0 Å². The Balaban J connectivity index is 2.09. The van der Waals surface area contributed by atoms with Crippen molar-refractivity contribution in [2.45, 2.75) is 32.5 Å². The van der Waals surface area contributed by atoms with Gasteiger partial charge in [-0.15, -0.1) is 0 Å². The molecule has 1 heterocycles. The summed E-state index contributed by atoms with van der Waals surface area (Å²) in [5.41, 5.74) is 6.33. The van der Waals surface area contributed by atoms with Crippen LogP contribution in [0.15, 0.2) is 28.8 Å². The second-order valence-corrected chi connectivity index (χ2v) is 6.03. The lowest BCUT2D eigenvalue weighted by atomic mass is 10.0. The molecule has 0 aliphatic rings. The van der Waals surface area contributed by atoms with Gasteiger partial charge in [0.05, 0.1) is 0 Å². The lowest BCUT2D eigenvalue weighted by Gasteiger charge is -2.18. The second kappa shape index (κ2) is 7.64. The summed E-state index contributed by atoms with van der Waals surface area (Å²) in [6, 6.07) is 5.74. The molecule has 2 rings (SSSR count). The van der Waals surface area contributed by atoms with Crippen LogP contribution in [0, 0.1) is 5.92 Å². The highest BCUT2D eigenvalue weighted by Gasteiger charge is 2.38. The number of amides is 1. The number of carbonyl (C=O) groups is 1. The second-order valence-electron chi connectivity index (χ2n) is 6.03. The van der Waals surface area contributed by atoms with Gasteiger partial charge in [0.15, 0.2) is 0 Å². The number of hydrogen-bond acceptors (Lipinski definition) is 5. The van der Waals surface area contributed by atoms with Crippen LogP contribution in [0.4, 0.5) is 13.2 Å². The van der Waals surface area contributed by atoms with Crippen molar-refractivity contribution in [1.29, 1.82) is 0 Å². The maximum atomic E-state index is 12.5. The third kappa shape index (κ3) is 5.02. The molecule has 0 radical (unpaired) electrons. The van der Waals surface area contributed by atoms with Crippen molar-refractivity contribution < 1.29 is 22.5 Å². The van der Waals surface area contributed by atoms with Gasteiger partial charge in [0, 0.05) is 23.7 Å². The fourth-order valence-corrected chi connectivity index (χ4v) is 2.28. The third-order valence-corrected chi connectivity index (χ3v) is 3.45. The largest absolute Gasteiger partial charge is 0.471 e. The molecule has 0 bridgehead atoms. The molecule has 1 amide bonds. The number of carbonyl (C=O) groups excluding carboxylic acids is 1.